The average Bonchev–Trinajstić information content (AvgIpc) is 2.45. The number of hydrogen-bond donors (Lipinski definition) is 3. The van der Waals surface area contributed by atoms with Gasteiger partial charge in [0.05, 0.1) is 5.41 Å². The first-order valence-electron chi connectivity index (χ1n) is 6.70. The van der Waals surface area contributed by atoms with Gasteiger partial charge in [0.25, 0.3) is 5.91 Å². The molecule has 0 radical (unpaired) electrons. The highest BCUT2D eigenvalue weighted by Gasteiger charge is 2.27. The van der Waals surface area contributed by atoms with Crippen molar-refractivity contribution in [3.63, 3.8) is 0 Å². The van der Waals surface area contributed by atoms with Crippen LogP contribution in [-0.2, 0) is 11.2 Å². The Hall–Kier alpha value is -1.88. The molecule has 2 amide bonds. The Kier molecular flexibility index (Phi) is 5.70. The fourth-order valence-electron chi connectivity index (χ4n) is 1.93. The maximum absolute atomic E-state index is 12.2. The van der Waals surface area contributed by atoms with Crippen molar-refractivity contribution in [3.8, 4) is 0 Å². The zero-order valence-corrected chi connectivity index (χ0v) is 12.3. The van der Waals surface area contributed by atoms with E-state index in [4.69, 9.17) is 5.73 Å². The molecule has 0 saturated heterocycles. The highest BCUT2D eigenvalue weighted by Crippen LogP contribution is 2.14. The summed E-state index contributed by atoms with van der Waals surface area (Å²) in [7, 11) is 1.59. The molecule has 110 valence electrons. The van der Waals surface area contributed by atoms with Gasteiger partial charge in [-0.25, -0.2) is 0 Å². The van der Waals surface area contributed by atoms with Crippen LogP contribution in [0, 0.1) is 5.41 Å². The number of carbonyl (C=O) groups is 2. The summed E-state index contributed by atoms with van der Waals surface area (Å²) in [5.41, 5.74) is 6.44. The average molecular weight is 277 g/mol. The van der Waals surface area contributed by atoms with Crippen LogP contribution in [0.4, 0.5) is 0 Å². The lowest BCUT2D eigenvalue weighted by Gasteiger charge is -2.23. The second kappa shape index (κ2) is 7.05. The zero-order chi connectivity index (χ0) is 15.2. The molecule has 0 saturated carbocycles. The summed E-state index contributed by atoms with van der Waals surface area (Å²) in [5, 5.41) is 5.41. The summed E-state index contributed by atoms with van der Waals surface area (Å²) in [6.45, 7) is 4.35. The molecule has 0 spiro atoms. The summed E-state index contributed by atoms with van der Waals surface area (Å²) in [6.07, 6.45) is 0.655. The Morgan fingerprint density at radius 2 is 1.90 bits per heavy atom. The molecule has 5 heteroatoms. The molecule has 0 unspecified atom stereocenters. The Morgan fingerprint density at radius 3 is 2.50 bits per heavy atom. The predicted molar refractivity (Wildman–Crippen MR) is 79.4 cm³/mol. The second-order valence-corrected chi connectivity index (χ2v) is 5.34. The predicted octanol–water partition coefficient (Wildman–Crippen LogP) is 0.690. The Labute approximate surface area is 119 Å². The van der Waals surface area contributed by atoms with E-state index in [0.29, 0.717) is 18.5 Å². The molecule has 0 aromatic heterocycles. The smallest absolute Gasteiger partial charge is 0.251 e. The van der Waals surface area contributed by atoms with E-state index in [1.807, 2.05) is 18.2 Å². The lowest BCUT2D eigenvalue weighted by atomic mass is 9.92. The number of amides is 2. The number of rotatable bonds is 6. The van der Waals surface area contributed by atoms with Gasteiger partial charge in [-0.15, -0.1) is 0 Å². The number of carbonyl (C=O) groups excluding carboxylic acids is 2. The van der Waals surface area contributed by atoms with E-state index in [-0.39, 0.29) is 18.4 Å². The molecule has 20 heavy (non-hydrogen) atoms. The molecule has 0 aliphatic carbocycles. The van der Waals surface area contributed by atoms with Crippen molar-refractivity contribution in [2.45, 2.75) is 20.3 Å². The second-order valence-electron chi connectivity index (χ2n) is 5.34. The molecule has 0 bridgehead atoms. The third-order valence-corrected chi connectivity index (χ3v) is 3.21. The summed E-state index contributed by atoms with van der Waals surface area (Å²) >= 11 is 0. The van der Waals surface area contributed by atoms with E-state index in [0.717, 1.165) is 5.56 Å². The summed E-state index contributed by atoms with van der Waals surface area (Å²) in [4.78, 5) is 23.9. The highest BCUT2D eigenvalue weighted by atomic mass is 16.2. The van der Waals surface area contributed by atoms with Crippen molar-refractivity contribution in [3.05, 3.63) is 35.4 Å². The summed E-state index contributed by atoms with van der Waals surface area (Å²) in [6, 6.07) is 7.37. The largest absolute Gasteiger partial charge is 0.359 e. The first-order valence-corrected chi connectivity index (χ1v) is 6.70. The third kappa shape index (κ3) is 4.06. The van der Waals surface area contributed by atoms with Gasteiger partial charge in [-0.05, 0) is 38.4 Å². The van der Waals surface area contributed by atoms with Crippen LogP contribution in [0.25, 0.3) is 0 Å². The molecular formula is C15H23N3O2. The van der Waals surface area contributed by atoms with Gasteiger partial charge in [0, 0.05) is 19.2 Å². The van der Waals surface area contributed by atoms with Gasteiger partial charge in [0.2, 0.25) is 5.91 Å². The SMILES string of the molecule is CNC(=O)C(C)(C)CNC(=O)c1ccccc1CCN. The van der Waals surface area contributed by atoms with Gasteiger partial charge in [-0.2, -0.15) is 0 Å². The van der Waals surface area contributed by atoms with E-state index in [1.54, 1.807) is 27.0 Å². The fourth-order valence-corrected chi connectivity index (χ4v) is 1.93. The van der Waals surface area contributed by atoms with Crippen LogP contribution in [0.2, 0.25) is 0 Å². The van der Waals surface area contributed by atoms with E-state index in [9.17, 15) is 9.59 Å². The number of nitrogens with two attached hydrogens (primary N) is 1. The van der Waals surface area contributed by atoms with Crippen molar-refractivity contribution >= 4 is 11.8 Å². The van der Waals surface area contributed by atoms with Crippen LogP contribution in [-0.4, -0.2) is 32.0 Å². The number of hydrogen-bond acceptors (Lipinski definition) is 3. The number of nitrogens with one attached hydrogen (secondary N) is 2. The first kappa shape index (κ1) is 16.2. The van der Waals surface area contributed by atoms with Crippen LogP contribution >= 0.6 is 0 Å². The monoisotopic (exact) mass is 277 g/mol. The third-order valence-electron chi connectivity index (χ3n) is 3.21. The van der Waals surface area contributed by atoms with Crippen molar-refractivity contribution < 1.29 is 9.59 Å². The van der Waals surface area contributed by atoms with Gasteiger partial charge in [-0.3, -0.25) is 9.59 Å². The quantitative estimate of drug-likeness (QED) is 0.715. The minimum absolute atomic E-state index is 0.104. The molecule has 0 heterocycles. The minimum atomic E-state index is -0.646. The minimum Gasteiger partial charge on any atom is -0.359 e. The molecule has 1 rings (SSSR count). The van der Waals surface area contributed by atoms with Crippen molar-refractivity contribution in [2.24, 2.45) is 11.1 Å². The summed E-state index contributed by atoms with van der Waals surface area (Å²) < 4.78 is 0. The first-order chi connectivity index (χ1) is 9.42. The van der Waals surface area contributed by atoms with Gasteiger partial charge < -0.3 is 16.4 Å². The van der Waals surface area contributed by atoms with Crippen LogP contribution in [0.1, 0.15) is 29.8 Å². The van der Waals surface area contributed by atoms with Crippen LogP contribution in [0.5, 0.6) is 0 Å². The van der Waals surface area contributed by atoms with E-state index >= 15 is 0 Å². The topological polar surface area (TPSA) is 84.2 Å². The van der Waals surface area contributed by atoms with Crippen LogP contribution in [0.3, 0.4) is 0 Å². The van der Waals surface area contributed by atoms with Crippen LogP contribution in [0.15, 0.2) is 24.3 Å². The van der Waals surface area contributed by atoms with E-state index < -0.39 is 5.41 Å². The van der Waals surface area contributed by atoms with Gasteiger partial charge in [0.1, 0.15) is 0 Å². The van der Waals surface area contributed by atoms with Gasteiger partial charge in [0.15, 0.2) is 0 Å². The Bertz CT molecular complexity index is 484. The highest BCUT2D eigenvalue weighted by molar-refractivity contribution is 5.96. The molecule has 1 aromatic carbocycles. The molecule has 0 aliphatic heterocycles. The van der Waals surface area contributed by atoms with Crippen LogP contribution < -0.4 is 16.4 Å². The molecule has 1 aromatic rings. The maximum atomic E-state index is 12.2. The molecular weight excluding hydrogens is 254 g/mol. The standard InChI is InChI=1S/C15H23N3O2/c1-15(2,14(20)17-3)10-18-13(19)12-7-5-4-6-11(12)8-9-16/h4-7H,8-10,16H2,1-3H3,(H,17,20)(H,18,19). The molecule has 0 aliphatic rings. The molecule has 5 nitrogen and oxygen atoms in total. The Balaban J connectivity index is 2.75. The van der Waals surface area contributed by atoms with Crippen molar-refractivity contribution in [1.82, 2.24) is 10.6 Å². The normalized spacial score (nSPS) is 11.0. The lowest BCUT2D eigenvalue weighted by Crippen LogP contribution is -2.43. The summed E-state index contributed by atoms with van der Waals surface area (Å²) in [5.74, 6) is -0.279. The molecule has 0 atom stereocenters. The van der Waals surface area contributed by atoms with Gasteiger partial charge >= 0.3 is 0 Å². The molecule has 0 fully saturated rings. The molecule has 4 N–H and O–H groups in total. The maximum Gasteiger partial charge on any atom is 0.251 e. The Morgan fingerprint density at radius 1 is 1.25 bits per heavy atom. The fraction of sp³-hybridized carbons (Fsp3) is 0.467. The van der Waals surface area contributed by atoms with E-state index in [1.165, 1.54) is 0 Å². The van der Waals surface area contributed by atoms with E-state index in [2.05, 4.69) is 10.6 Å². The van der Waals surface area contributed by atoms with Gasteiger partial charge in [-0.1, -0.05) is 18.2 Å². The lowest BCUT2D eigenvalue weighted by molar-refractivity contribution is -0.128. The van der Waals surface area contributed by atoms with Crippen molar-refractivity contribution in [2.75, 3.05) is 20.1 Å². The number of benzene rings is 1. The van der Waals surface area contributed by atoms with Crippen molar-refractivity contribution in [1.29, 1.82) is 0 Å². The zero-order valence-electron chi connectivity index (χ0n) is 12.3.